The summed E-state index contributed by atoms with van der Waals surface area (Å²) in [5.74, 6) is -0.199. The van der Waals surface area contributed by atoms with E-state index >= 15 is 0 Å². The molecule has 4 heteroatoms. The fraction of sp³-hybridized carbons (Fsp3) is 0.727. The predicted octanol–water partition coefficient (Wildman–Crippen LogP) is 1.28. The van der Waals surface area contributed by atoms with E-state index in [1.54, 1.807) is 6.08 Å². The van der Waals surface area contributed by atoms with E-state index in [9.17, 15) is 4.79 Å². The maximum atomic E-state index is 11.1. The normalized spacial score (nSPS) is 9.93. The van der Waals surface area contributed by atoms with Gasteiger partial charge in [-0.25, -0.2) is 0 Å². The summed E-state index contributed by atoms with van der Waals surface area (Å²) in [5, 5.41) is 8.51. The van der Waals surface area contributed by atoms with Crippen LogP contribution in [0.15, 0.2) is 12.7 Å². The van der Waals surface area contributed by atoms with Gasteiger partial charge in [0.1, 0.15) is 6.61 Å². The monoisotopic (exact) mass is 216 g/mol. The van der Waals surface area contributed by atoms with Crippen molar-refractivity contribution < 1.29 is 19.4 Å². The van der Waals surface area contributed by atoms with Gasteiger partial charge in [-0.3, -0.25) is 4.79 Å². The zero-order chi connectivity index (χ0) is 11.4. The Balaban J connectivity index is 3.15. The number of aliphatic hydroxyl groups excluding tert-OH is 1. The van der Waals surface area contributed by atoms with Gasteiger partial charge in [-0.05, 0) is 12.8 Å². The lowest BCUT2D eigenvalue weighted by Crippen LogP contribution is -2.10. The number of aliphatic hydroxyl groups is 1. The Morgan fingerprint density at radius 1 is 1.27 bits per heavy atom. The number of esters is 1. The van der Waals surface area contributed by atoms with Crippen molar-refractivity contribution in [3.8, 4) is 0 Å². The number of hydrogen-bond donors (Lipinski definition) is 1. The van der Waals surface area contributed by atoms with Crippen LogP contribution < -0.4 is 0 Å². The summed E-state index contributed by atoms with van der Waals surface area (Å²) in [4.78, 5) is 11.1. The summed E-state index contributed by atoms with van der Waals surface area (Å²) in [6.07, 6.45) is 4.44. The fourth-order valence-electron chi connectivity index (χ4n) is 1.01. The lowest BCUT2D eigenvalue weighted by Gasteiger charge is -2.04. The third-order valence-electron chi connectivity index (χ3n) is 1.77. The Bertz CT molecular complexity index is 168. The quantitative estimate of drug-likeness (QED) is 0.339. The molecule has 0 fully saturated rings. The molecule has 0 rings (SSSR count). The van der Waals surface area contributed by atoms with Crippen molar-refractivity contribution in [2.24, 2.45) is 0 Å². The molecule has 0 atom stereocenters. The van der Waals surface area contributed by atoms with E-state index in [4.69, 9.17) is 14.6 Å². The molecule has 0 unspecified atom stereocenters. The Kier molecular flexibility index (Phi) is 10.6. The van der Waals surface area contributed by atoms with Crippen molar-refractivity contribution in [3.63, 3.8) is 0 Å². The average Bonchev–Trinajstić information content (AvgIpc) is 2.24. The highest BCUT2D eigenvalue weighted by atomic mass is 16.6. The van der Waals surface area contributed by atoms with Crippen LogP contribution in [0.2, 0.25) is 0 Å². The molecule has 0 aromatic rings. The number of carbonyl (C=O) groups excluding carboxylic acids is 1. The Labute approximate surface area is 90.9 Å². The largest absolute Gasteiger partial charge is 0.463 e. The molecular weight excluding hydrogens is 196 g/mol. The van der Waals surface area contributed by atoms with Gasteiger partial charge in [-0.1, -0.05) is 12.5 Å². The van der Waals surface area contributed by atoms with E-state index in [1.165, 1.54) is 0 Å². The number of ether oxygens (including phenoxy) is 2. The molecule has 0 radical (unpaired) electrons. The van der Waals surface area contributed by atoms with Crippen molar-refractivity contribution in [2.75, 3.05) is 26.4 Å². The topological polar surface area (TPSA) is 55.8 Å². The van der Waals surface area contributed by atoms with Crippen LogP contribution in [0.3, 0.4) is 0 Å². The summed E-state index contributed by atoms with van der Waals surface area (Å²) >= 11 is 0. The van der Waals surface area contributed by atoms with Gasteiger partial charge in [0.15, 0.2) is 0 Å². The standard InChI is InChI=1S/C11H20O4/c1-2-8-14-9-10-15-11(13)6-4-3-5-7-12/h2,12H,1,3-10H2. The van der Waals surface area contributed by atoms with Gasteiger partial charge < -0.3 is 14.6 Å². The van der Waals surface area contributed by atoms with Gasteiger partial charge in [-0.15, -0.1) is 6.58 Å². The third-order valence-corrected chi connectivity index (χ3v) is 1.77. The molecule has 0 heterocycles. The molecule has 1 N–H and O–H groups in total. The van der Waals surface area contributed by atoms with E-state index in [0.29, 0.717) is 26.2 Å². The molecule has 0 aliphatic rings. The van der Waals surface area contributed by atoms with E-state index in [0.717, 1.165) is 19.3 Å². The van der Waals surface area contributed by atoms with Crippen LogP contribution in [-0.4, -0.2) is 37.5 Å². The van der Waals surface area contributed by atoms with Crippen molar-refractivity contribution >= 4 is 5.97 Å². The van der Waals surface area contributed by atoms with Gasteiger partial charge in [0.2, 0.25) is 0 Å². The van der Waals surface area contributed by atoms with Crippen LogP contribution in [0.25, 0.3) is 0 Å². The Morgan fingerprint density at radius 2 is 2.07 bits per heavy atom. The van der Waals surface area contributed by atoms with Gasteiger partial charge in [0.05, 0.1) is 13.2 Å². The van der Waals surface area contributed by atoms with E-state index in [2.05, 4.69) is 6.58 Å². The summed E-state index contributed by atoms with van der Waals surface area (Å²) in [6.45, 7) is 4.87. The molecule has 0 bridgehead atoms. The maximum Gasteiger partial charge on any atom is 0.305 e. The number of rotatable bonds is 10. The molecular formula is C11H20O4. The van der Waals surface area contributed by atoms with Gasteiger partial charge >= 0.3 is 5.97 Å². The molecule has 0 spiro atoms. The predicted molar refractivity (Wildman–Crippen MR) is 57.5 cm³/mol. The molecule has 0 aromatic carbocycles. The third kappa shape index (κ3) is 11.1. The number of carbonyl (C=O) groups is 1. The van der Waals surface area contributed by atoms with Gasteiger partial charge in [0, 0.05) is 13.0 Å². The van der Waals surface area contributed by atoms with Gasteiger partial charge in [0.25, 0.3) is 0 Å². The van der Waals surface area contributed by atoms with Gasteiger partial charge in [-0.2, -0.15) is 0 Å². The van der Waals surface area contributed by atoms with Crippen LogP contribution in [0, 0.1) is 0 Å². The highest BCUT2D eigenvalue weighted by Crippen LogP contribution is 2.00. The zero-order valence-corrected chi connectivity index (χ0v) is 9.11. The van der Waals surface area contributed by atoms with Crippen LogP contribution in [0.4, 0.5) is 0 Å². The molecule has 0 saturated heterocycles. The average molecular weight is 216 g/mol. The summed E-state index contributed by atoms with van der Waals surface area (Å²) in [6, 6.07) is 0. The van der Waals surface area contributed by atoms with Crippen LogP contribution >= 0.6 is 0 Å². The molecule has 4 nitrogen and oxygen atoms in total. The van der Waals surface area contributed by atoms with Crippen molar-refractivity contribution in [2.45, 2.75) is 25.7 Å². The number of unbranched alkanes of at least 4 members (excludes halogenated alkanes) is 2. The highest BCUT2D eigenvalue weighted by Gasteiger charge is 2.01. The van der Waals surface area contributed by atoms with Crippen LogP contribution in [0.1, 0.15) is 25.7 Å². The minimum Gasteiger partial charge on any atom is -0.463 e. The van der Waals surface area contributed by atoms with E-state index in [-0.39, 0.29) is 12.6 Å². The first kappa shape index (κ1) is 14.1. The number of hydrogen-bond acceptors (Lipinski definition) is 4. The molecule has 0 aliphatic carbocycles. The molecule has 0 aliphatic heterocycles. The second-order valence-corrected chi connectivity index (χ2v) is 3.12. The summed E-state index contributed by atoms with van der Waals surface area (Å²) in [5.41, 5.74) is 0. The maximum absolute atomic E-state index is 11.1. The minimum atomic E-state index is -0.199. The van der Waals surface area contributed by atoms with Crippen LogP contribution in [0.5, 0.6) is 0 Å². The first-order valence-electron chi connectivity index (χ1n) is 5.26. The van der Waals surface area contributed by atoms with E-state index < -0.39 is 0 Å². The van der Waals surface area contributed by atoms with Crippen molar-refractivity contribution in [1.29, 1.82) is 0 Å². The molecule has 0 saturated carbocycles. The van der Waals surface area contributed by atoms with Crippen molar-refractivity contribution in [3.05, 3.63) is 12.7 Å². The molecule has 0 aromatic heterocycles. The first-order valence-corrected chi connectivity index (χ1v) is 5.26. The fourth-order valence-corrected chi connectivity index (χ4v) is 1.01. The summed E-state index contributed by atoms with van der Waals surface area (Å²) < 4.78 is 9.96. The first-order chi connectivity index (χ1) is 7.31. The lowest BCUT2D eigenvalue weighted by atomic mass is 10.2. The van der Waals surface area contributed by atoms with Crippen molar-refractivity contribution in [1.82, 2.24) is 0 Å². The lowest BCUT2D eigenvalue weighted by molar-refractivity contribution is -0.145. The zero-order valence-electron chi connectivity index (χ0n) is 9.11. The second-order valence-electron chi connectivity index (χ2n) is 3.12. The molecule has 0 amide bonds. The molecule has 88 valence electrons. The second kappa shape index (κ2) is 11.2. The van der Waals surface area contributed by atoms with Crippen LogP contribution in [-0.2, 0) is 14.3 Å². The minimum absolute atomic E-state index is 0.185. The molecule has 15 heavy (non-hydrogen) atoms. The Morgan fingerprint density at radius 3 is 2.73 bits per heavy atom. The summed E-state index contributed by atoms with van der Waals surface area (Å²) in [7, 11) is 0. The van der Waals surface area contributed by atoms with E-state index in [1.807, 2.05) is 0 Å². The SMILES string of the molecule is C=CCOCCOC(=O)CCCCCO. The smallest absolute Gasteiger partial charge is 0.305 e. The highest BCUT2D eigenvalue weighted by molar-refractivity contribution is 5.69. The Hall–Kier alpha value is -0.870.